The van der Waals surface area contributed by atoms with Crippen LogP contribution in [0.5, 0.6) is 0 Å². The van der Waals surface area contributed by atoms with Gasteiger partial charge in [0.25, 0.3) is 17.5 Å². The van der Waals surface area contributed by atoms with Crippen molar-refractivity contribution in [3.8, 4) is 0 Å². The van der Waals surface area contributed by atoms with E-state index in [9.17, 15) is 32.9 Å². The second-order valence-corrected chi connectivity index (χ2v) is 6.57. The first kappa shape index (κ1) is 20.3. The summed E-state index contributed by atoms with van der Waals surface area (Å²) in [6, 6.07) is 4.82. The van der Waals surface area contributed by atoms with Crippen LogP contribution in [0.25, 0.3) is 0 Å². The first-order valence-corrected chi connectivity index (χ1v) is 8.67. The predicted octanol–water partition coefficient (Wildman–Crippen LogP) is 2.92. The fourth-order valence-corrected chi connectivity index (χ4v) is 3.08. The number of hydrogen-bond acceptors (Lipinski definition) is 4. The molecule has 0 radical (unpaired) electrons. The van der Waals surface area contributed by atoms with Gasteiger partial charge in [-0.15, -0.1) is 0 Å². The highest BCUT2D eigenvalue weighted by molar-refractivity contribution is 5.96. The molecule has 7 nitrogen and oxygen atoms in total. The van der Waals surface area contributed by atoms with Crippen LogP contribution in [0.15, 0.2) is 30.3 Å². The van der Waals surface area contributed by atoms with E-state index in [-0.39, 0.29) is 42.9 Å². The van der Waals surface area contributed by atoms with Crippen LogP contribution >= 0.6 is 0 Å². The van der Waals surface area contributed by atoms with Crippen LogP contribution in [0.2, 0.25) is 0 Å². The molecule has 1 saturated heterocycles. The highest BCUT2D eigenvalue weighted by atomic mass is 19.2. The van der Waals surface area contributed by atoms with Crippen molar-refractivity contribution in [2.45, 2.75) is 6.92 Å². The summed E-state index contributed by atoms with van der Waals surface area (Å²) in [6.45, 7) is 1.72. The molecule has 0 N–H and O–H groups in total. The zero-order chi connectivity index (χ0) is 21.3. The Morgan fingerprint density at radius 2 is 1.38 bits per heavy atom. The Hall–Kier alpha value is -3.43. The van der Waals surface area contributed by atoms with E-state index in [1.807, 2.05) is 0 Å². The van der Waals surface area contributed by atoms with E-state index < -0.39 is 39.9 Å². The normalized spacial score (nSPS) is 14.1. The first-order chi connectivity index (χ1) is 13.7. The van der Waals surface area contributed by atoms with Crippen LogP contribution in [-0.4, -0.2) is 52.7 Å². The largest absolute Gasteiger partial charge is 0.335 e. The van der Waals surface area contributed by atoms with Gasteiger partial charge in [-0.3, -0.25) is 19.7 Å². The average molecular weight is 407 g/mol. The van der Waals surface area contributed by atoms with Crippen molar-refractivity contribution in [1.29, 1.82) is 0 Å². The lowest BCUT2D eigenvalue weighted by atomic mass is 10.1. The third-order valence-corrected chi connectivity index (χ3v) is 4.78. The number of rotatable bonds is 3. The number of carbonyl (C=O) groups excluding carboxylic acids is 2. The number of nitro groups is 1. The number of piperazine rings is 1. The van der Waals surface area contributed by atoms with E-state index in [0.29, 0.717) is 0 Å². The SMILES string of the molecule is Cc1c(F)cc(C(=O)N2CCN(C(=O)c3ccc(F)c(F)c3)CC2)cc1[N+](=O)[O-]. The maximum Gasteiger partial charge on any atom is 0.276 e. The standard InChI is InChI=1S/C19H16F3N3O4/c1-11-15(21)9-13(10-17(11)25(28)29)19(27)24-6-4-23(5-7-24)18(26)12-2-3-14(20)16(22)8-12/h2-3,8-10H,4-7H2,1H3. The zero-order valence-corrected chi connectivity index (χ0v) is 15.3. The van der Waals surface area contributed by atoms with Gasteiger partial charge in [0.1, 0.15) is 5.82 Å². The Morgan fingerprint density at radius 1 is 0.862 bits per heavy atom. The molecular weight excluding hydrogens is 391 g/mol. The maximum absolute atomic E-state index is 14.0. The minimum atomic E-state index is -1.13. The van der Waals surface area contributed by atoms with Gasteiger partial charge < -0.3 is 9.80 Å². The molecule has 29 heavy (non-hydrogen) atoms. The quantitative estimate of drug-likeness (QED) is 0.579. The second kappa shape index (κ2) is 7.90. The van der Waals surface area contributed by atoms with E-state index in [0.717, 1.165) is 24.3 Å². The highest BCUT2D eigenvalue weighted by Crippen LogP contribution is 2.24. The molecule has 0 bridgehead atoms. The molecule has 10 heteroatoms. The van der Waals surface area contributed by atoms with Gasteiger partial charge in [0.05, 0.1) is 10.5 Å². The van der Waals surface area contributed by atoms with Gasteiger partial charge in [0.15, 0.2) is 11.6 Å². The smallest absolute Gasteiger partial charge is 0.276 e. The van der Waals surface area contributed by atoms with E-state index in [2.05, 4.69) is 0 Å². The molecule has 2 aromatic rings. The van der Waals surface area contributed by atoms with Crippen molar-refractivity contribution in [3.05, 3.63) is 74.6 Å². The van der Waals surface area contributed by atoms with E-state index in [1.165, 1.54) is 22.8 Å². The lowest BCUT2D eigenvalue weighted by molar-refractivity contribution is -0.385. The maximum atomic E-state index is 14.0. The van der Waals surface area contributed by atoms with Gasteiger partial charge in [-0.05, 0) is 31.2 Å². The van der Waals surface area contributed by atoms with Gasteiger partial charge in [0.2, 0.25) is 0 Å². The number of nitrogens with zero attached hydrogens (tertiary/aromatic N) is 3. The zero-order valence-electron chi connectivity index (χ0n) is 15.3. The number of benzene rings is 2. The van der Waals surface area contributed by atoms with Crippen molar-refractivity contribution >= 4 is 17.5 Å². The summed E-state index contributed by atoms with van der Waals surface area (Å²) < 4.78 is 40.3. The molecular formula is C19H16F3N3O4. The summed E-state index contributed by atoms with van der Waals surface area (Å²) in [5, 5.41) is 11.0. The molecule has 0 aliphatic carbocycles. The van der Waals surface area contributed by atoms with Crippen LogP contribution < -0.4 is 0 Å². The highest BCUT2D eigenvalue weighted by Gasteiger charge is 2.28. The Labute approximate surface area is 163 Å². The fraction of sp³-hybridized carbons (Fsp3) is 0.263. The second-order valence-electron chi connectivity index (χ2n) is 6.57. The lowest BCUT2D eigenvalue weighted by Gasteiger charge is -2.34. The predicted molar refractivity (Wildman–Crippen MR) is 96.0 cm³/mol. The van der Waals surface area contributed by atoms with E-state index in [4.69, 9.17) is 0 Å². The van der Waals surface area contributed by atoms with Crippen LogP contribution in [0.1, 0.15) is 26.3 Å². The minimum Gasteiger partial charge on any atom is -0.335 e. The Bertz CT molecular complexity index is 1000. The summed E-state index contributed by atoms with van der Waals surface area (Å²) in [4.78, 5) is 38.0. The molecule has 0 unspecified atom stereocenters. The molecule has 0 saturated carbocycles. The van der Waals surface area contributed by atoms with Crippen molar-refractivity contribution in [3.63, 3.8) is 0 Å². The number of carbonyl (C=O) groups is 2. The topological polar surface area (TPSA) is 83.8 Å². The molecule has 1 heterocycles. The van der Waals surface area contributed by atoms with Gasteiger partial charge in [-0.25, -0.2) is 13.2 Å². The van der Waals surface area contributed by atoms with Crippen LogP contribution in [0, 0.1) is 34.5 Å². The van der Waals surface area contributed by atoms with Crippen LogP contribution in [0.4, 0.5) is 18.9 Å². The van der Waals surface area contributed by atoms with Gasteiger partial charge in [-0.2, -0.15) is 0 Å². The first-order valence-electron chi connectivity index (χ1n) is 8.67. The van der Waals surface area contributed by atoms with Crippen molar-refractivity contribution in [2.24, 2.45) is 0 Å². The number of halogens is 3. The third-order valence-electron chi connectivity index (χ3n) is 4.78. The Morgan fingerprint density at radius 3 is 1.90 bits per heavy atom. The molecule has 1 aliphatic heterocycles. The van der Waals surface area contributed by atoms with E-state index >= 15 is 0 Å². The van der Waals surface area contributed by atoms with Crippen molar-refractivity contribution in [2.75, 3.05) is 26.2 Å². The third kappa shape index (κ3) is 4.05. The molecule has 3 rings (SSSR count). The summed E-state index contributed by atoms with van der Waals surface area (Å²) in [5.41, 5.74) is -0.811. The van der Waals surface area contributed by atoms with Gasteiger partial charge >= 0.3 is 0 Å². The summed E-state index contributed by atoms with van der Waals surface area (Å²) in [5.74, 6) is -4.14. The van der Waals surface area contributed by atoms with Crippen molar-refractivity contribution in [1.82, 2.24) is 9.80 Å². The number of hydrogen-bond donors (Lipinski definition) is 0. The molecule has 2 aromatic carbocycles. The van der Waals surface area contributed by atoms with Crippen LogP contribution in [0.3, 0.4) is 0 Å². The summed E-state index contributed by atoms with van der Waals surface area (Å²) in [7, 11) is 0. The molecule has 0 atom stereocenters. The van der Waals surface area contributed by atoms with Crippen molar-refractivity contribution < 1.29 is 27.7 Å². The molecule has 2 amide bonds. The summed E-state index contributed by atoms with van der Waals surface area (Å²) in [6.07, 6.45) is 0. The Balaban J connectivity index is 1.70. The fourth-order valence-electron chi connectivity index (χ4n) is 3.08. The molecule has 152 valence electrons. The molecule has 0 aromatic heterocycles. The van der Waals surface area contributed by atoms with Gasteiger partial charge in [-0.1, -0.05) is 0 Å². The number of nitro benzene ring substituents is 1. The van der Waals surface area contributed by atoms with E-state index in [1.54, 1.807) is 0 Å². The summed E-state index contributed by atoms with van der Waals surface area (Å²) >= 11 is 0. The molecule has 1 aliphatic rings. The average Bonchev–Trinajstić information content (AvgIpc) is 2.70. The molecule has 1 fully saturated rings. The Kier molecular flexibility index (Phi) is 5.53. The number of amides is 2. The monoisotopic (exact) mass is 407 g/mol. The van der Waals surface area contributed by atoms with Crippen LogP contribution in [-0.2, 0) is 0 Å². The lowest BCUT2D eigenvalue weighted by Crippen LogP contribution is -2.50. The molecule has 0 spiro atoms. The minimum absolute atomic E-state index is 0.0140. The van der Waals surface area contributed by atoms with Gasteiger partial charge in [0, 0.05) is 43.4 Å².